The Morgan fingerprint density at radius 1 is 0.514 bits per heavy atom. The fourth-order valence-corrected chi connectivity index (χ4v) is 7.34. The third kappa shape index (κ3) is 1.97. The number of hydrogen-bond donors (Lipinski definition) is 0. The number of hydrogen-bond acceptors (Lipinski definition) is 1. The lowest BCUT2D eigenvalue weighted by atomic mass is 10.1. The van der Waals surface area contributed by atoms with E-state index in [0.717, 1.165) is 0 Å². The molecule has 4 aromatic carbocycles. The highest BCUT2D eigenvalue weighted by Gasteiger charge is 2.25. The normalized spacial score (nSPS) is 12.7. The highest BCUT2D eigenvalue weighted by Crippen LogP contribution is 2.47. The Morgan fingerprint density at radius 3 is 2.20 bits per heavy atom. The smallest absolute Gasteiger partial charge is 0.0804 e. The molecule has 0 fully saturated rings. The van der Waals surface area contributed by atoms with Crippen LogP contribution in [0.25, 0.3) is 76.6 Å². The number of aryl methyl sites for hydroxylation is 1. The van der Waals surface area contributed by atoms with E-state index in [1.54, 1.807) is 11.3 Å². The maximum atomic E-state index is 2.56. The van der Waals surface area contributed by atoms with Crippen LogP contribution in [0.3, 0.4) is 0 Å². The Bertz CT molecular complexity index is 2270. The second kappa shape index (κ2) is 6.04. The van der Waals surface area contributed by atoms with Crippen LogP contribution < -0.4 is 0 Å². The molecule has 0 atom stereocenters. The van der Waals surface area contributed by atoms with Crippen LogP contribution in [-0.2, 0) is 7.05 Å². The molecule has 0 N–H and O–H groups in total. The van der Waals surface area contributed by atoms with Crippen molar-refractivity contribution in [2.24, 2.45) is 7.05 Å². The van der Waals surface area contributed by atoms with E-state index in [1.165, 1.54) is 76.6 Å². The zero-order chi connectivity index (χ0) is 22.8. The van der Waals surface area contributed by atoms with Gasteiger partial charge in [-0.25, -0.2) is 0 Å². The van der Waals surface area contributed by atoms with Crippen molar-refractivity contribution in [1.29, 1.82) is 0 Å². The van der Waals surface area contributed by atoms with Gasteiger partial charge in [-0.3, -0.25) is 0 Å². The van der Waals surface area contributed by atoms with Gasteiger partial charge in [-0.1, -0.05) is 48.5 Å². The Balaban J connectivity index is 1.73. The molecule has 0 aliphatic carbocycles. The second-order valence-corrected chi connectivity index (χ2v) is 10.2. The van der Waals surface area contributed by atoms with E-state index >= 15 is 0 Å². The van der Waals surface area contributed by atoms with Gasteiger partial charge in [0.05, 0.1) is 33.1 Å². The van der Waals surface area contributed by atoms with Gasteiger partial charge in [0.2, 0.25) is 0 Å². The summed E-state index contributed by atoms with van der Waals surface area (Å²) in [6.45, 7) is 0. The Morgan fingerprint density at radius 2 is 1.29 bits per heavy atom. The molecular formula is C31H19N3S. The van der Waals surface area contributed by atoms with E-state index in [2.05, 4.69) is 116 Å². The zero-order valence-electron chi connectivity index (χ0n) is 19.0. The molecule has 164 valence electrons. The first-order chi connectivity index (χ1) is 17.3. The summed E-state index contributed by atoms with van der Waals surface area (Å²) in [5.74, 6) is 0. The van der Waals surface area contributed by atoms with Crippen LogP contribution in [0.2, 0.25) is 0 Å². The van der Waals surface area contributed by atoms with Crippen molar-refractivity contribution in [3.63, 3.8) is 0 Å². The van der Waals surface area contributed by atoms with Crippen molar-refractivity contribution in [2.45, 2.75) is 0 Å². The zero-order valence-corrected chi connectivity index (χ0v) is 19.8. The summed E-state index contributed by atoms with van der Waals surface area (Å²) < 4.78 is 7.37. The third-order valence-electron chi connectivity index (χ3n) is 7.91. The number of benzene rings is 4. The first-order valence-electron chi connectivity index (χ1n) is 11.9. The fraction of sp³-hybridized carbons (Fsp3) is 0.0323. The molecular weight excluding hydrogens is 446 g/mol. The quantitative estimate of drug-likeness (QED) is 0.231. The highest BCUT2D eigenvalue weighted by molar-refractivity contribution is 7.09. The number of thiophene rings is 1. The van der Waals surface area contributed by atoms with E-state index in [-0.39, 0.29) is 0 Å². The molecule has 0 amide bonds. The van der Waals surface area contributed by atoms with Gasteiger partial charge in [0.25, 0.3) is 0 Å². The standard InChI is InChI=1S/C31H19N3S/c1-32-24-13-7-11-19-22-16-35-17-26(22)34-29-21(14-15-25(32)28(29)27(19)24)31-30(34)20-10-5-6-12-23(20)33(31)18-8-3-2-4-9-18/h2-17H,1H3. The van der Waals surface area contributed by atoms with Gasteiger partial charge in [-0.15, -0.1) is 11.3 Å². The van der Waals surface area contributed by atoms with E-state index in [1.807, 2.05) is 0 Å². The van der Waals surface area contributed by atoms with Crippen molar-refractivity contribution in [3.8, 4) is 5.69 Å². The monoisotopic (exact) mass is 465 g/mol. The predicted octanol–water partition coefficient (Wildman–Crippen LogP) is 8.49. The average molecular weight is 466 g/mol. The summed E-state index contributed by atoms with van der Waals surface area (Å²) in [4.78, 5) is 0. The summed E-state index contributed by atoms with van der Waals surface area (Å²) in [7, 11) is 2.20. The van der Waals surface area contributed by atoms with Crippen LogP contribution in [0.1, 0.15) is 0 Å². The molecule has 0 aliphatic rings. The molecule has 0 aliphatic heterocycles. The minimum Gasteiger partial charge on any atom is -0.344 e. The van der Waals surface area contributed by atoms with Crippen LogP contribution >= 0.6 is 11.3 Å². The maximum absolute atomic E-state index is 2.56. The Kier molecular flexibility index (Phi) is 3.12. The van der Waals surface area contributed by atoms with E-state index in [9.17, 15) is 0 Å². The summed E-state index contributed by atoms with van der Waals surface area (Å²) in [5.41, 5.74) is 10.2. The van der Waals surface area contributed by atoms with Gasteiger partial charge >= 0.3 is 0 Å². The van der Waals surface area contributed by atoms with Crippen molar-refractivity contribution >= 4 is 82.3 Å². The van der Waals surface area contributed by atoms with E-state index < -0.39 is 0 Å². The lowest BCUT2D eigenvalue weighted by Gasteiger charge is -2.08. The topological polar surface area (TPSA) is 14.3 Å². The first kappa shape index (κ1) is 18.1. The van der Waals surface area contributed by atoms with Gasteiger partial charge in [-0.2, -0.15) is 0 Å². The van der Waals surface area contributed by atoms with Gasteiger partial charge in [-0.05, 0) is 41.8 Å². The summed E-state index contributed by atoms with van der Waals surface area (Å²) in [6, 6.07) is 31.0. The molecule has 35 heavy (non-hydrogen) atoms. The molecule has 9 aromatic rings. The van der Waals surface area contributed by atoms with E-state index in [0.29, 0.717) is 0 Å². The SMILES string of the molecule is Cn1c2cccc3c4cscc4n4c5c(ccc1c5c32)c1c4c2ccccc2n1-c1ccccc1. The van der Waals surface area contributed by atoms with Gasteiger partial charge in [0.15, 0.2) is 0 Å². The van der Waals surface area contributed by atoms with Crippen molar-refractivity contribution in [2.75, 3.05) is 0 Å². The van der Waals surface area contributed by atoms with Crippen molar-refractivity contribution in [3.05, 3.63) is 95.7 Å². The number of para-hydroxylation sites is 2. The van der Waals surface area contributed by atoms with Crippen molar-refractivity contribution in [1.82, 2.24) is 13.5 Å². The van der Waals surface area contributed by atoms with E-state index in [4.69, 9.17) is 0 Å². The fourth-order valence-electron chi connectivity index (χ4n) is 6.53. The molecule has 5 aromatic heterocycles. The summed E-state index contributed by atoms with van der Waals surface area (Å²) >= 11 is 1.79. The molecule has 5 heterocycles. The predicted molar refractivity (Wildman–Crippen MR) is 150 cm³/mol. The number of fused-ring (bicyclic) bond motifs is 8. The number of nitrogens with zero attached hydrogens (tertiary/aromatic N) is 3. The summed E-state index contributed by atoms with van der Waals surface area (Å²) in [6.07, 6.45) is 0. The minimum atomic E-state index is 1.19. The second-order valence-electron chi connectivity index (χ2n) is 9.51. The van der Waals surface area contributed by atoms with Crippen LogP contribution in [0, 0.1) is 0 Å². The van der Waals surface area contributed by atoms with Gasteiger partial charge in [0.1, 0.15) is 0 Å². The van der Waals surface area contributed by atoms with Gasteiger partial charge < -0.3 is 13.5 Å². The average Bonchev–Trinajstić information content (AvgIpc) is 3.63. The highest BCUT2D eigenvalue weighted by atomic mass is 32.1. The van der Waals surface area contributed by atoms with Crippen LogP contribution in [0.5, 0.6) is 0 Å². The molecule has 0 spiro atoms. The number of aromatic nitrogens is 3. The third-order valence-corrected chi connectivity index (χ3v) is 8.64. The summed E-state index contributed by atoms with van der Waals surface area (Å²) in [5, 5.41) is 12.6. The molecule has 0 bridgehead atoms. The van der Waals surface area contributed by atoms with Crippen LogP contribution in [0.4, 0.5) is 0 Å². The minimum absolute atomic E-state index is 1.19. The first-order valence-corrected chi connectivity index (χ1v) is 12.9. The lowest BCUT2D eigenvalue weighted by Crippen LogP contribution is -1.93. The molecule has 4 heteroatoms. The lowest BCUT2D eigenvalue weighted by molar-refractivity contribution is 1.01. The maximum Gasteiger partial charge on any atom is 0.0804 e. The molecule has 0 radical (unpaired) electrons. The molecule has 9 rings (SSSR count). The van der Waals surface area contributed by atoms with Crippen molar-refractivity contribution < 1.29 is 0 Å². The van der Waals surface area contributed by atoms with Gasteiger partial charge in [0, 0.05) is 55.9 Å². The Labute approximate surface area is 204 Å². The number of rotatable bonds is 1. The molecule has 0 saturated carbocycles. The molecule has 0 unspecified atom stereocenters. The molecule has 3 nitrogen and oxygen atoms in total. The van der Waals surface area contributed by atoms with Crippen LogP contribution in [-0.4, -0.2) is 13.5 Å². The largest absolute Gasteiger partial charge is 0.344 e. The molecule has 0 saturated heterocycles. The van der Waals surface area contributed by atoms with Crippen LogP contribution in [0.15, 0.2) is 95.7 Å². The Hall–Kier alpha value is -4.28.